The van der Waals surface area contributed by atoms with E-state index in [0.717, 1.165) is 36.8 Å². The average molecular weight is 1040 g/mol. The second-order valence-corrected chi connectivity index (χ2v) is 18.6. The Bertz CT molecular complexity index is 2890. The number of aliphatic hydroxyl groups excluding tert-OH is 2. The number of hydrogen-bond donors (Lipinski definition) is 7. The highest BCUT2D eigenvalue weighted by atomic mass is 16.5. The molecule has 7 rings (SSSR count). The number of hydrogen-bond acceptors (Lipinski definition) is 12. The molecule has 2 fully saturated rings. The number of likely N-dealkylation sites (tertiary alicyclic amines) is 2. The van der Waals surface area contributed by atoms with Crippen molar-refractivity contribution < 1.29 is 43.5 Å². The van der Waals surface area contributed by atoms with Crippen molar-refractivity contribution in [1.29, 1.82) is 10.5 Å². The van der Waals surface area contributed by atoms with Crippen molar-refractivity contribution in [3.05, 3.63) is 141 Å². The van der Waals surface area contributed by atoms with Gasteiger partial charge in [0.15, 0.2) is 5.76 Å². The van der Waals surface area contributed by atoms with Gasteiger partial charge >= 0.3 is 12.1 Å². The highest BCUT2D eigenvalue weighted by Crippen LogP contribution is 2.31. The third kappa shape index (κ3) is 16.2. The number of benzene rings is 4. The van der Waals surface area contributed by atoms with E-state index in [4.69, 9.17) is 25.3 Å². The van der Waals surface area contributed by atoms with E-state index in [1.165, 1.54) is 22.2 Å². The third-order valence-electron chi connectivity index (χ3n) is 13.4. The number of piperidine rings is 2. The molecule has 2 aliphatic rings. The van der Waals surface area contributed by atoms with Gasteiger partial charge in [-0.25, -0.2) is 9.59 Å². The zero-order chi connectivity index (χ0) is 54.6. The first-order valence-electron chi connectivity index (χ1n) is 25.3. The lowest BCUT2D eigenvalue weighted by molar-refractivity contribution is -0.132. The van der Waals surface area contributed by atoms with Gasteiger partial charge in [0.25, 0.3) is 11.8 Å². The molecule has 0 spiro atoms. The first-order chi connectivity index (χ1) is 36.7. The lowest BCUT2D eigenvalue weighted by atomic mass is 9.89. The van der Waals surface area contributed by atoms with Gasteiger partial charge in [-0.2, -0.15) is 10.5 Å². The maximum atomic E-state index is 13.2. The van der Waals surface area contributed by atoms with Crippen molar-refractivity contribution >= 4 is 52.8 Å². The van der Waals surface area contributed by atoms with Crippen LogP contribution in [-0.2, 0) is 9.59 Å². The van der Waals surface area contributed by atoms with Crippen molar-refractivity contribution in [1.82, 2.24) is 30.5 Å². The summed E-state index contributed by atoms with van der Waals surface area (Å²) in [5.41, 5.74) is 7.79. The Hall–Kier alpha value is -8.59. The topological polar surface area (TPSA) is 286 Å². The van der Waals surface area contributed by atoms with Gasteiger partial charge in [0, 0.05) is 87.7 Å². The van der Waals surface area contributed by atoms with Crippen molar-refractivity contribution in [2.24, 2.45) is 0 Å². The number of carbonyl (C=O) groups excluding carboxylic acids is 6. The summed E-state index contributed by atoms with van der Waals surface area (Å²) in [5.74, 6) is 0.482. The minimum absolute atomic E-state index is 0.0311. The molecule has 0 radical (unpaired) electrons. The smallest absolute Gasteiger partial charge is 0.319 e. The fourth-order valence-corrected chi connectivity index (χ4v) is 8.93. The summed E-state index contributed by atoms with van der Waals surface area (Å²) in [6.45, 7) is 7.95. The number of aryl methyl sites for hydroxylation is 3. The number of nitrogens with one attached hydrogen (secondary N) is 5. The van der Waals surface area contributed by atoms with Crippen LogP contribution in [0.15, 0.2) is 95.6 Å². The Morgan fingerprint density at radius 3 is 1.45 bits per heavy atom. The van der Waals surface area contributed by atoms with Gasteiger partial charge in [0.1, 0.15) is 5.69 Å². The number of nitrogens with zero attached hydrogens (tertiary/aromatic N) is 6. The van der Waals surface area contributed by atoms with Crippen LogP contribution >= 0.6 is 0 Å². The highest BCUT2D eigenvalue weighted by Gasteiger charge is 2.27. The molecule has 76 heavy (non-hydrogen) atoms. The van der Waals surface area contributed by atoms with E-state index in [-0.39, 0.29) is 75.9 Å². The van der Waals surface area contributed by atoms with Gasteiger partial charge in [0.05, 0.1) is 42.7 Å². The largest absolute Gasteiger partial charge is 0.395 e. The molecule has 0 saturated carbocycles. The second kappa shape index (κ2) is 28.2. The number of aromatic nitrogens is 1. The van der Waals surface area contributed by atoms with E-state index in [2.05, 4.69) is 43.9 Å². The molecule has 20 heteroatoms. The molecule has 3 heterocycles. The zero-order valence-corrected chi connectivity index (χ0v) is 43.1. The molecule has 0 aliphatic carbocycles. The van der Waals surface area contributed by atoms with Crippen LogP contribution in [0.2, 0.25) is 0 Å². The lowest BCUT2D eigenvalue weighted by Gasteiger charge is -2.32. The van der Waals surface area contributed by atoms with Crippen molar-refractivity contribution in [2.45, 2.75) is 71.1 Å². The van der Waals surface area contributed by atoms with Gasteiger partial charge in [-0.3, -0.25) is 19.2 Å². The van der Waals surface area contributed by atoms with E-state index in [1.54, 1.807) is 43.3 Å². The number of aliphatic hydroxyl groups is 2. The van der Waals surface area contributed by atoms with Crippen LogP contribution in [0, 0.1) is 43.4 Å². The minimum Gasteiger partial charge on any atom is -0.395 e. The fourth-order valence-electron chi connectivity index (χ4n) is 8.93. The quantitative estimate of drug-likeness (QED) is 0.0522. The van der Waals surface area contributed by atoms with E-state index in [1.807, 2.05) is 72.2 Å². The van der Waals surface area contributed by atoms with E-state index in [9.17, 15) is 28.8 Å². The van der Waals surface area contributed by atoms with Crippen LogP contribution in [0.5, 0.6) is 0 Å². The van der Waals surface area contributed by atoms with Crippen LogP contribution in [0.3, 0.4) is 0 Å². The molecular formula is C56H65N11O9. The molecular weight excluding hydrogens is 971 g/mol. The van der Waals surface area contributed by atoms with Gasteiger partial charge in [-0.05, 0) is 129 Å². The van der Waals surface area contributed by atoms with Gasteiger partial charge < -0.3 is 56.0 Å². The number of urea groups is 2. The maximum absolute atomic E-state index is 13.2. The number of nitriles is 2. The first-order valence-corrected chi connectivity index (χ1v) is 25.3. The lowest BCUT2D eigenvalue weighted by Crippen LogP contribution is -2.39. The van der Waals surface area contributed by atoms with Gasteiger partial charge in [0.2, 0.25) is 11.8 Å². The SMILES string of the molecule is Cc1ccc(C(=O)N2CCC(c3ccc(C#N)cc3)CC2)cc1NC(=O)NCCC(=O)N(CCO)CCO.Cc1ccc(C(=O)N2CCC(c3ccc(C#N)cc3)CC2)cc1NC(=O)NCCC(=O)Nc1cnoc1C. The van der Waals surface area contributed by atoms with Crippen LogP contribution in [-0.4, -0.2) is 131 Å². The first kappa shape index (κ1) is 56.7. The maximum Gasteiger partial charge on any atom is 0.319 e. The average Bonchev–Trinajstić information content (AvgIpc) is 3.84. The minimum atomic E-state index is -0.496. The Morgan fingerprint density at radius 1 is 0.618 bits per heavy atom. The van der Waals surface area contributed by atoms with Crippen LogP contribution in [0.1, 0.15) is 110 Å². The zero-order valence-electron chi connectivity index (χ0n) is 43.1. The van der Waals surface area contributed by atoms with E-state index in [0.29, 0.717) is 83.1 Å². The monoisotopic (exact) mass is 1040 g/mol. The Labute approximate surface area is 442 Å². The summed E-state index contributed by atoms with van der Waals surface area (Å²) in [6, 6.07) is 29.1. The predicted octanol–water partition coefficient (Wildman–Crippen LogP) is 6.54. The summed E-state index contributed by atoms with van der Waals surface area (Å²) in [6.07, 6.45) is 4.90. The predicted molar refractivity (Wildman–Crippen MR) is 284 cm³/mol. The fraction of sp³-hybridized carbons (Fsp3) is 0.375. The summed E-state index contributed by atoms with van der Waals surface area (Å²) < 4.78 is 4.90. The number of anilines is 3. The van der Waals surface area contributed by atoms with Crippen LogP contribution in [0.25, 0.3) is 0 Å². The molecule has 2 aliphatic heterocycles. The molecule has 5 aromatic rings. The summed E-state index contributed by atoms with van der Waals surface area (Å²) in [4.78, 5) is 80.4. The molecule has 398 valence electrons. The number of amides is 8. The second-order valence-electron chi connectivity index (χ2n) is 18.6. The van der Waals surface area contributed by atoms with Gasteiger partial charge in [-0.15, -0.1) is 0 Å². The summed E-state index contributed by atoms with van der Waals surface area (Å²) in [5, 5.41) is 53.2. The standard InChI is InChI=1S/C28H30N6O4.C28H35N5O5/c1-18-3-6-23(27(36)34-13-10-22(11-14-34)21-7-4-20(16-29)5-8-21)15-24(18)33-28(37)30-12-9-26(35)32-25-17-31-38-19(25)2;1-20-2-5-24(18-25(20)31-28(38)30-11-8-26(36)32(14-16-34)15-17-35)27(37)33-12-9-23(10-13-33)22-6-3-21(19-29)4-7-22/h3-8,15,17,22H,9-14H2,1-2H3,(H,32,35)(H2,30,33,37);2-7,18,23,34-35H,8-17H2,1H3,(H2,30,31,38). The number of carbonyl (C=O) groups is 6. The molecule has 20 nitrogen and oxygen atoms in total. The molecule has 0 bridgehead atoms. The number of rotatable bonds is 17. The van der Waals surface area contributed by atoms with Gasteiger partial charge in [-0.1, -0.05) is 41.6 Å². The molecule has 0 atom stereocenters. The Balaban J connectivity index is 0.000000247. The molecule has 0 unspecified atom stereocenters. The van der Waals surface area contributed by atoms with E-state index >= 15 is 0 Å². The normalized spacial score (nSPS) is 13.5. The highest BCUT2D eigenvalue weighted by molar-refractivity contribution is 5.99. The van der Waals surface area contributed by atoms with E-state index < -0.39 is 12.1 Å². The Kier molecular flexibility index (Phi) is 21.0. The Morgan fingerprint density at radius 2 is 1.05 bits per heavy atom. The third-order valence-corrected chi connectivity index (χ3v) is 13.4. The van der Waals surface area contributed by atoms with Crippen molar-refractivity contribution in [3.63, 3.8) is 0 Å². The van der Waals surface area contributed by atoms with Crippen molar-refractivity contribution in [2.75, 3.05) is 81.5 Å². The molecule has 4 aromatic carbocycles. The summed E-state index contributed by atoms with van der Waals surface area (Å²) in [7, 11) is 0. The van der Waals surface area contributed by atoms with Crippen molar-refractivity contribution in [3.8, 4) is 12.1 Å². The summed E-state index contributed by atoms with van der Waals surface area (Å²) >= 11 is 0. The molecule has 8 amide bonds. The molecule has 7 N–H and O–H groups in total. The molecule has 1 aromatic heterocycles. The van der Waals surface area contributed by atoms with Crippen LogP contribution in [0.4, 0.5) is 26.7 Å². The molecule has 2 saturated heterocycles. The van der Waals surface area contributed by atoms with Crippen LogP contribution < -0.4 is 26.6 Å².